The number of fused-ring (bicyclic) bond motifs is 1. The number of rotatable bonds is 5. The van der Waals surface area contributed by atoms with Gasteiger partial charge in [-0.1, -0.05) is 47.1 Å². The van der Waals surface area contributed by atoms with Gasteiger partial charge < -0.3 is 4.90 Å². The molecule has 1 aromatic carbocycles. The van der Waals surface area contributed by atoms with Gasteiger partial charge in [0.05, 0.1) is 27.5 Å². The minimum absolute atomic E-state index is 0.0266. The van der Waals surface area contributed by atoms with Crippen LogP contribution in [0.1, 0.15) is 5.56 Å². The predicted octanol–water partition coefficient (Wildman–Crippen LogP) is 4.39. The second-order valence-corrected chi connectivity index (χ2v) is 7.08. The van der Waals surface area contributed by atoms with Crippen LogP contribution in [0.25, 0.3) is 5.52 Å². The Hall–Kier alpha value is -1.69. The molecule has 3 rings (SSSR count). The van der Waals surface area contributed by atoms with Crippen molar-refractivity contribution >= 4 is 46.4 Å². The zero-order valence-electron chi connectivity index (χ0n) is 12.9. The maximum Gasteiger partial charge on any atom is 0.233 e. The van der Waals surface area contributed by atoms with Crippen molar-refractivity contribution in [3.05, 3.63) is 64.4 Å². The maximum absolute atomic E-state index is 12.3. The number of amides is 1. The molecule has 0 unspecified atom stereocenters. The van der Waals surface area contributed by atoms with Crippen molar-refractivity contribution in [1.29, 1.82) is 0 Å². The van der Waals surface area contributed by atoms with E-state index < -0.39 is 0 Å². The van der Waals surface area contributed by atoms with Crippen molar-refractivity contribution in [2.24, 2.45) is 0 Å². The van der Waals surface area contributed by atoms with Crippen molar-refractivity contribution in [2.45, 2.75) is 11.7 Å². The average molecular weight is 380 g/mol. The van der Waals surface area contributed by atoms with Crippen LogP contribution in [0.3, 0.4) is 0 Å². The highest BCUT2D eigenvalue weighted by molar-refractivity contribution is 7.99. The van der Waals surface area contributed by atoms with Crippen LogP contribution in [0.2, 0.25) is 10.0 Å². The quantitative estimate of drug-likeness (QED) is 0.616. The third-order valence-corrected chi connectivity index (χ3v) is 5.25. The molecule has 7 heteroatoms. The topological polar surface area (TPSA) is 37.6 Å². The van der Waals surface area contributed by atoms with Gasteiger partial charge in [0, 0.05) is 19.8 Å². The first-order chi connectivity index (χ1) is 11.5. The molecule has 3 aromatic rings. The van der Waals surface area contributed by atoms with Crippen molar-refractivity contribution in [2.75, 3.05) is 12.8 Å². The van der Waals surface area contributed by atoms with Crippen molar-refractivity contribution < 1.29 is 4.79 Å². The Bertz CT molecular complexity index is 881. The van der Waals surface area contributed by atoms with Crippen molar-refractivity contribution in [1.82, 2.24) is 14.3 Å². The van der Waals surface area contributed by atoms with E-state index in [9.17, 15) is 4.79 Å². The summed E-state index contributed by atoms with van der Waals surface area (Å²) in [6.07, 6.45) is 3.74. The lowest BCUT2D eigenvalue weighted by atomic mass is 10.2. The first-order valence-corrected chi connectivity index (χ1v) is 9.01. The molecule has 2 aromatic heterocycles. The van der Waals surface area contributed by atoms with Crippen LogP contribution in [0.15, 0.2) is 53.9 Å². The molecule has 0 atom stereocenters. The lowest BCUT2D eigenvalue weighted by Crippen LogP contribution is -2.27. The van der Waals surface area contributed by atoms with Gasteiger partial charge in [0.2, 0.25) is 5.91 Å². The third-order valence-electron chi connectivity index (χ3n) is 3.56. The minimum atomic E-state index is 0.0266. The lowest BCUT2D eigenvalue weighted by molar-refractivity contribution is -0.127. The number of halogens is 2. The molecule has 0 saturated carbocycles. The van der Waals surface area contributed by atoms with E-state index in [0.29, 0.717) is 22.3 Å². The number of hydrogen-bond donors (Lipinski definition) is 0. The summed E-state index contributed by atoms with van der Waals surface area (Å²) < 4.78 is 1.97. The van der Waals surface area contributed by atoms with Crippen LogP contribution in [0, 0.1) is 0 Å². The standard InChI is InChI=1S/C17H15Cl2N3OS/c1-21(10-12-5-6-14(18)15(19)8-12)16(23)11-24-17-20-9-13-4-2-3-7-22(13)17/h2-9H,10-11H2,1H3. The number of imidazole rings is 1. The number of carbonyl (C=O) groups is 1. The Morgan fingerprint density at radius 3 is 2.88 bits per heavy atom. The highest BCUT2D eigenvalue weighted by Gasteiger charge is 2.13. The number of thioether (sulfide) groups is 1. The van der Waals surface area contributed by atoms with Gasteiger partial charge in [-0.15, -0.1) is 0 Å². The number of carbonyl (C=O) groups excluding carboxylic acids is 1. The molecule has 1 amide bonds. The molecule has 4 nitrogen and oxygen atoms in total. The van der Waals surface area contributed by atoms with Gasteiger partial charge in [0.25, 0.3) is 0 Å². The van der Waals surface area contributed by atoms with E-state index in [0.717, 1.165) is 16.2 Å². The molecule has 0 aliphatic heterocycles. The zero-order chi connectivity index (χ0) is 17.1. The molecule has 0 bridgehead atoms. The summed E-state index contributed by atoms with van der Waals surface area (Å²) in [4.78, 5) is 18.4. The average Bonchev–Trinajstić information content (AvgIpc) is 2.99. The molecule has 2 heterocycles. The second-order valence-electron chi connectivity index (χ2n) is 5.32. The highest BCUT2D eigenvalue weighted by Crippen LogP contribution is 2.23. The summed E-state index contributed by atoms with van der Waals surface area (Å²) in [5.74, 6) is 0.352. The summed E-state index contributed by atoms with van der Waals surface area (Å²) in [6, 6.07) is 11.3. The Labute approximate surface area is 154 Å². The molecule has 0 saturated heterocycles. The van der Waals surface area contributed by atoms with Gasteiger partial charge in [0.1, 0.15) is 0 Å². The van der Waals surface area contributed by atoms with Crippen LogP contribution in [0.5, 0.6) is 0 Å². The molecule has 0 spiro atoms. The predicted molar refractivity (Wildman–Crippen MR) is 98.9 cm³/mol. The Kier molecular flexibility index (Phi) is 5.33. The molecule has 24 heavy (non-hydrogen) atoms. The molecule has 0 aliphatic carbocycles. The van der Waals surface area contributed by atoms with E-state index in [1.807, 2.05) is 34.9 Å². The maximum atomic E-state index is 12.3. The van der Waals surface area contributed by atoms with Gasteiger partial charge in [-0.25, -0.2) is 4.98 Å². The van der Waals surface area contributed by atoms with Gasteiger partial charge in [-0.05, 0) is 29.8 Å². The SMILES string of the molecule is CN(Cc1ccc(Cl)c(Cl)c1)C(=O)CSc1ncc2ccccn12. The van der Waals surface area contributed by atoms with E-state index in [4.69, 9.17) is 23.2 Å². The molecule has 0 fully saturated rings. The van der Waals surface area contributed by atoms with E-state index in [2.05, 4.69) is 4.98 Å². The highest BCUT2D eigenvalue weighted by atomic mass is 35.5. The van der Waals surface area contributed by atoms with E-state index in [-0.39, 0.29) is 5.91 Å². The normalized spacial score (nSPS) is 11.0. The molecule has 0 radical (unpaired) electrons. The number of pyridine rings is 1. The minimum Gasteiger partial charge on any atom is -0.341 e. The Balaban J connectivity index is 1.61. The lowest BCUT2D eigenvalue weighted by Gasteiger charge is -2.17. The summed E-state index contributed by atoms with van der Waals surface area (Å²) in [7, 11) is 1.77. The summed E-state index contributed by atoms with van der Waals surface area (Å²) in [6.45, 7) is 0.485. The molecule has 124 valence electrons. The van der Waals surface area contributed by atoms with Gasteiger partial charge >= 0.3 is 0 Å². The van der Waals surface area contributed by atoms with Crippen LogP contribution < -0.4 is 0 Å². The van der Waals surface area contributed by atoms with Gasteiger partial charge in [-0.2, -0.15) is 0 Å². The zero-order valence-corrected chi connectivity index (χ0v) is 15.3. The van der Waals surface area contributed by atoms with E-state index in [1.54, 1.807) is 30.3 Å². The number of hydrogen-bond acceptors (Lipinski definition) is 3. The molecular formula is C17H15Cl2N3OS. The first kappa shape index (κ1) is 17.1. The second kappa shape index (κ2) is 7.47. The van der Waals surface area contributed by atoms with Crippen molar-refractivity contribution in [3.63, 3.8) is 0 Å². The first-order valence-electron chi connectivity index (χ1n) is 7.27. The van der Waals surface area contributed by atoms with Crippen LogP contribution in [-0.4, -0.2) is 33.0 Å². The number of aromatic nitrogens is 2. The van der Waals surface area contributed by atoms with Crippen LogP contribution in [0.4, 0.5) is 0 Å². The number of nitrogens with zero attached hydrogens (tertiary/aromatic N) is 3. The summed E-state index contributed by atoms with van der Waals surface area (Å²) in [5.41, 5.74) is 1.95. The fraction of sp³-hybridized carbons (Fsp3) is 0.176. The van der Waals surface area contributed by atoms with Crippen molar-refractivity contribution in [3.8, 4) is 0 Å². The van der Waals surface area contributed by atoms with Gasteiger partial charge in [-0.3, -0.25) is 9.20 Å². The summed E-state index contributed by atoms with van der Waals surface area (Å²) >= 11 is 13.3. The van der Waals surface area contributed by atoms with E-state index in [1.165, 1.54) is 11.8 Å². The smallest absolute Gasteiger partial charge is 0.233 e. The van der Waals surface area contributed by atoms with E-state index >= 15 is 0 Å². The van der Waals surface area contributed by atoms with Crippen LogP contribution >= 0.6 is 35.0 Å². The molecular weight excluding hydrogens is 365 g/mol. The molecule has 0 N–H and O–H groups in total. The third kappa shape index (κ3) is 3.86. The largest absolute Gasteiger partial charge is 0.341 e. The monoisotopic (exact) mass is 379 g/mol. The molecule has 0 aliphatic rings. The van der Waals surface area contributed by atoms with Crippen LogP contribution in [-0.2, 0) is 11.3 Å². The van der Waals surface area contributed by atoms with Gasteiger partial charge in [0.15, 0.2) is 5.16 Å². The fourth-order valence-electron chi connectivity index (χ4n) is 2.26. The number of benzene rings is 1. The Morgan fingerprint density at radius 2 is 2.08 bits per heavy atom. The Morgan fingerprint density at radius 1 is 1.25 bits per heavy atom. The fourth-order valence-corrected chi connectivity index (χ4v) is 3.49. The summed E-state index contributed by atoms with van der Waals surface area (Å²) in [5, 5.41) is 1.81.